The molecule has 0 aromatic rings. The Kier molecular flexibility index (Phi) is 7.12. The Balaban J connectivity index is 2.16. The van der Waals surface area contributed by atoms with Crippen LogP contribution in [0.15, 0.2) is 0 Å². The summed E-state index contributed by atoms with van der Waals surface area (Å²) in [4.78, 5) is 0. The maximum atomic E-state index is 5.57. The van der Waals surface area contributed by atoms with Crippen LogP contribution >= 0.6 is 0 Å². The molecule has 14 heavy (non-hydrogen) atoms. The van der Waals surface area contributed by atoms with Gasteiger partial charge in [-0.1, -0.05) is 57.8 Å². The van der Waals surface area contributed by atoms with Crippen LogP contribution in [0.1, 0.15) is 70.6 Å². The largest absolute Gasteiger partial charge is 0.330 e. The van der Waals surface area contributed by atoms with Crippen LogP contribution in [-0.4, -0.2) is 6.54 Å². The fourth-order valence-corrected chi connectivity index (χ4v) is 2.59. The number of nitrogens with two attached hydrogens (primary N) is 1. The monoisotopic (exact) mass is 197 g/mol. The standard InChI is InChI=1S/C13H27N/c14-12-8-11-13-9-6-4-2-1-3-5-7-10-13/h13H,1-12,14H2. The van der Waals surface area contributed by atoms with Gasteiger partial charge in [0.25, 0.3) is 0 Å². The number of rotatable bonds is 3. The third-order valence-electron chi connectivity index (χ3n) is 3.54. The van der Waals surface area contributed by atoms with Gasteiger partial charge >= 0.3 is 0 Å². The highest BCUT2D eigenvalue weighted by Gasteiger charge is 2.09. The first-order chi connectivity index (χ1) is 6.93. The van der Waals surface area contributed by atoms with Crippen molar-refractivity contribution >= 4 is 0 Å². The lowest BCUT2D eigenvalue weighted by Gasteiger charge is -2.17. The molecule has 0 aliphatic heterocycles. The number of hydrogen-bond donors (Lipinski definition) is 1. The second-order valence-electron chi connectivity index (χ2n) is 4.85. The van der Waals surface area contributed by atoms with Crippen molar-refractivity contribution in [1.29, 1.82) is 0 Å². The van der Waals surface area contributed by atoms with E-state index in [0.717, 1.165) is 12.5 Å². The normalized spacial score (nSPS) is 22.1. The summed E-state index contributed by atoms with van der Waals surface area (Å²) in [6, 6.07) is 0. The lowest BCUT2D eigenvalue weighted by Crippen LogP contribution is -2.06. The van der Waals surface area contributed by atoms with Crippen molar-refractivity contribution in [2.45, 2.75) is 70.6 Å². The molecule has 2 N–H and O–H groups in total. The Morgan fingerprint density at radius 2 is 1.29 bits per heavy atom. The molecule has 0 aromatic carbocycles. The van der Waals surface area contributed by atoms with Crippen molar-refractivity contribution in [1.82, 2.24) is 0 Å². The van der Waals surface area contributed by atoms with Crippen LogP contribution in [0, 0.1) is 5.92 Å². The molecule has 1 aliphatic carbocycles. The molecule has 1 fully saturated rings. The molecule has 0 saturated heterocycles. The summed E-state index contributed by atoms with van der Waals surface area (Å²) in [5.74, 6) is 0.997. The molecule has 0 aromatic heterocycles. The summed E-state index contributed by atoms with van der Waals surface area (Å²) >= 11 is 0. The Morgan fingerprint density at radius 3 is 1.79 bits per heavy atom. The highest BCUT2D eigenvalue weighted by molar-refractivity contribution is 4.63. The molecule has 0 spiro atoms. The topological polar surface area (TPSA) is 26.0 Å². The Hall–Kier alpha value is -0.0400. The van der Waals surface area contributed by atoms with Crippen molar-refractivity contribution in [3.63, 3.8) is 0 Å². The zero-order chi connectivity index (χ0) is 10.1. The maximum absolute atomic E-state index is 5.57. The molecule has 0 amide bonds. The van der Waals surface area contributed by atoms with Gasteiger partial charge in [0.15, 0.2) is 0 Å². The van der Waals surface area contributed by atoms with Crippen molar-refractivity contribution in [3.8, 4) is 0 Å². The van der Waals surface area contributed by atoms with Crippen LogP contribution in [0.25, 0.3) is 0 Å². The molecule has 0 heterocycles. The van der Waals surface area contributed by atoms with E-state index in [4.69, 9.17) is 5.73 Å². The first kappa shape index (κ1) is 12.0. The molecular formula is C13H27N. The molecule has 0 radical (unpaired) electrons. The van der Waals surface area contributed by atoms with Crippen LogP contribution in [0.3, 0.4) is 0 Å². The third-order valence-corrected chi connectivity index (χ3v) is 3.54. The molecule has 0 unspecified atom stereocenters. The van der Waals surface area contributed by atoms with Gasteiger partial charge in [0.1, 0.15) is 0 Å². The maximum Gasteiger partial charge on any atom is -0.00772 e. The van der Waals surface area contributed by atoms with Crippen molar-refractivity contribution < 1.29 is 0 Å². The van der Waals surface area contributed by atoms with Gasteiger partial charge < -0.3 is 5.73 Å². The molecule has 1 saturated carbocycles. The molecule has 1 rings (SSSR count). The minimum absolute atomic E-state index is 0.885. The van der Waals surface area contributed by atoms with Gasteiger partial charge in [0.2, 0.25) is 0 Å². The van der Waals surface area contributed by atoms with Crippen LogP contribution in [0.5, 0.6) is 0 Å². The predicted octanol–water partition coefficient (Wildman–Crippen LogP) is 3.87. The van der Waals surface area contributed by atoms with Crippen LogP contribution < -0.4 is 5.73 Å². The SMILES string of the molecule is NCCCC1CCCCCCCCC1. The summed E-state index contributed by atoms with van der Waals surface area (Å²) in [6.07, 6.45) is 15.9. The minimum Gasteiger partial charge on any atom is -0.330 e. The molecule has 0 atom stereocenters. The zero-order valence-corrected chi connectivity index (χ0v) is 9.64. The Bertz CT molecular complexity index is 112. The van der Waals surface area contributed by atoms with E-state index in [1.165, 1.54) is 70.6 Å². The lowest BCUT2D eigenvalue weighted by atomic mass is 9.89. The predicted molar refractivity (Wildman–Crippen MR) is 63.3 cm³/mol. The molecule has 84 valence electrons. The number of hydrogen-bond acceptors (Lipinski definition) is 1. The highest BCUT2D eigenvalue weighted by Crippen LogP contribution is 2.24. The van der Waals surface area contributed by atoms with Gasteiger partial charge in [-0.15, -0.1) is 0 Å². The summed E-state index contributed by atoms with van der Waals surface area (Å²) in [5.41, 5.74) is 5.57. The average Bonchev–Trinajstić information content (AvgIpc) is 2.23. The zero-order valence-electron chi connectivity index (χ0n) is 9.64. The fraction of sp³-hybridized carbons (Fsp3) is 1.00. The summed E-state index contributed by atoms with van der Waals surface area (Å²) < 4.78 is 0. The molecule has 1 aliphatic rings. The fourth-order valence-electron chi connectivity index (χ4n) is 2.59. The van der Waals surface area contributed by atoms with Crippen molar-refractivity contribution in [2.75, 3.05) is 6.54 Å². The van der Waals surface area contributed by atoms with E-state index in [0.29, 0.717) is 0 Å². The van der Waals surface area contributed by atoms with E-state index in [1.54, 1.807) is 0 Å². The molecule has 1 heteroatoms. The van der Waals surface area contributed by atoms with Crippen LogP contribution in [0.4, 0.5) is 0 Å². The second-order valence-corrected chi connectivity index (χ2v) is 4.85. The average molecular weight is 197 g/mol. The molecule has 0 bridgehead atoms. The Morgan fingerprint density at radius 1 is 0.786 bits per heavy atom. The quantitative estimate of drug-likeness (QED) is 0.730. The van der Waals surface area contributed by atoms with E-state index < -0.39 is 0 Å². The second kappa shape index (κ2) is 8.28. The summed E-state index contributed by atoms with van der Waals surface area (Å²) in [6.45, 7) is 0.885. The smallest absolute Gasteiger partial charge is 0.00772 e. The van der Waals surface area contributed by atoms with E-state index in [-0.39, 0.29) is 0 Å². The van der Waals surface area contributed by atoms with E-state index >= 15 is 0 Å². The van der Waals surface area contributed by atoms with Gasteiger partial charge in [-0.05, 0) is 25.3 Å². The van der Waals surface area contributed by atoms with Gasteiger partial charge in [-0.3, -0.25) is 0 Å². The Labute approximate surface area is 89.5 Å². The van der Waals surface area contributed by atoms with Crippen LogP contribution in [-0.2, 0) is 0 Å². The van der Waals surface area contributed by atoms with Crippen molar-refractivity contribution in [2.24, 2.45) is 11.7 Å². The van der Waals surface area contributed by atoms with Crippen molar-refractivity contribution in [3.05, 3.63) is 0 Å². The van der Waals surface area contributed by atoms with E-state index in [2.05, 4.69) is 0 Å². The minimum atomic E-state index is 0.885. The van der Waals surface area contributed by atoms with Gasteiger partial charge in [-0.2, -0.15) is 0 Å². The molecule has 1 nitrogen and oxygen atoms in total. The summed E-state index contributed by atoms with van der Waals surface area (Å²) in [5, 5.41) is 0. The van der Waals surface area contributed by atoms with Gasteiger partial charge in [0.05, 0.1) is 0 Å². The summed E-state index contributed by atoms with van der Waals surface area (Å²) in [7, 11) is 0. The first-order valence-corrected chi connectivity index (χ1v) is 6.63. The van der Waals surface area contributed by atoms with E-state index in [1.807, 2.05) is 0 Å². The van der Waals surface area contributed by atoms with Gasteiger partial charge in [0, 0.05) is 0 Å². The van der Waals surface area contributed by atoms with E-state index in [9.17, 15) is 0 Å². The molecular weight excluding hydrogens is 170 g/mol. The third kappa shape index (κ3) is 5.64. The lowest BCUT2D eigenvalue weighted by molar-refractivity contribution is 0.363. The van der Waals surface area contributed by atoms with Gasteiger partial charge in [-0.25, -0.2) is 0 Å². The first-order valence-electron chi connectivity index (χ1n) is 6.63. The van der Waals surface area contributed by atoms with Crippen LogP contribution in [0.2, 0.25) is 0 Å². The highest BCUT2D eigenvalue weighted by atomic mass is 14.5.